The summed E-state index contributed by atoms with van der Waals surface area (Å²) < 4.78 is 34.5. The maximum Gasteiger partial charge on any atom is 0.300 e. The highest BCUT2D eigenvalue weighted by molar-refractivity contribution is 6.51. The summed E-state index contributed by atoms with van der Waals surface area (Å²) in [5, 5.41) is 11.4. The number of aliphatic hydroxyl groups excluding tert-OH is 1. The second-order valence-electron chi connectivity index (χ2n) is 8.73. The van der Waals surface area contributed by atoms with Gasteiger partial charge in [-0.25, -0.2) is 8.78 Å². The molecule has 1 aliphatic rings. The molecule has 3 aromatic carbocycles. The molecule has 4 rings (SSSR count). The molecule has 0 radical (unpaired) electrons. The molecular weight excluding hydrogens is 478 g/mol. The molecule has 192 valence electrons. The average Bonchev–Trinajstić information content (AvgIpc) is 3.16. The van der Waals surface area contributed by atoms with Crippen molar-refractivity contribution in [2.45, 2.75) is 26.8 Å². The van der Waals surface area contributed by atoms with Crippen LogP contribution in [0.3, 0.4) is 0 Å². The molecular formula is C29H28F2N2O4. The summed E-state index contributed by atoms with van der Waals surface area (Å²) in [7, 11) is 1.42. The van der Waals surface area contributed by atoms with Crippen LogP contribution >= 0.6 is 0 Å². The number of hydrogen-bond donors (Lipinski definition) is 1. The highest BCUT2D eigenvalue weighted by Crippen LogP contribution is 2.44. The van der Waals surface area contributed by atoms with Gasteiger partial charge in [-0.05, 0) is 62.7 Å². The number of ether oxygens (including phenoxy) is 1. The van der Waals surface area contributed by atoms with Gasteiger partial charge < -0.3 is 14.7 Å². The summed E-state index contributed by atoms with van der Waals surface area (Å²) >= 11 is 0. The van der Waals surface area contributed by atoms with Crippen LogP contribution in [0.4, 0.5) is 20.2 Å². The Morgan fingerprint density at radius 2 is 1.68 bits per heavy atom. The molecule has 0 aromatic heterocycles. The molecule has 1 N–H and O–H groups in total. The number of benzene rings is 3. The van der Waals surface area contributed by atoms with E-state index in [0.717, 1.165) is 47.4 Å². The monoisotopic (exact) mass is 506 g/mol. The van der Waals surface area contributed by atoms with Crippen LogP contribution in [0.25, 0.3) is 5.76 Å². The molecule has 37 heavy (non-hydrogen) atoms. The van der Waals surface area contributed by atoms with Gasteiger partial charge in [0.15, 0.2) is 0 Å². The number of amides is 1. The van der Waals surface area contributed by atoms with E-state index in [1.54, 1.807) is 37.3 Å². The first-order chi connectivity index (χ1) is 17.7. The van der Waals surface area contributed by atoms with E-state index in [-0.39, 0.29) is 11.1 Å². The number of nitrogens with zero attached hydrogens (tertiary/aromatic N) is 2. The number of methoxy groups -OCH3 is 1. The fourth-order valence-corrected chi connectivity index (χ4v) is 4.67. The van der Waals surface area contributed by atoms with Gasteiger partial charge in [-0.1, -0.05) is 23.8 Å². The maximum absolute atomic E-state index is 14.9. The molecule has 3 aromatic rings. The van der Waals surface area contributed by atoms with Gasteiger partial charge in [0.2, 0.25) is 0 Å². The van der Waals surface area contributed by atoms with Crippen molar-refractivity contribution in [3.8, 4) is 5.75 Å². The minimum atomic E-state index is -1.20. The number of rotatable bonds is 7. The van der Waals surface area contributed by atoms with Crippen LogP contribution in [0, 0.1) is 18.6 Å². The smallest absolute Gasteiger partial charge is 0.300 e. The number of aryl methyl sites for hydroxylation is 1. The van der Waals surface area contributed by atoms with E-state index in [0.29, 0.717) is 11.3 Å². The van der Waals surface area contributed by atoms with Gasteiger partial charge in [0.05, 0.1) is 30.0 Å². The normalized spacial score (nSPS) is 16.8. The molecule has 1 heterocycles. The largest absolute Gasteiger partial charge is 0.507 e. The van der Waals surface area contributed by atoms with E-state index in [4.69, 9.17) is 4.74 Å². The highest BCUT2D eigenvalue weighted by Gasteiger charge is 2.48. The SMILES string of the molecule is CCN(CC)c1ccc(C2/C(=C(\O)c3cc(C)ccc3OC)C(=O)C(=O)N2c2cc(F)ccc2F)cc1. The lowest BCUT2D eigenvalue weighted by Gasteiger charge is -2.27. The van der Waals surface area contributed by atoms with Gasteiger partial charge in [0.1, 0.15) is 23.1 Å². The highest BCUT2D eigenvalue weighted by atomic mass is 19.1. The van der Waals surface area contributed by atoms with Gasteiger partial charge in [-0.2, -0.15) is 0 Å². The Labute approximate surface area is 214 Å². The number of halogens is 2. The Morgan fingerprint density at radius 1 is 1.00 bits per heavy atom. The molecule has 0 aliphatic carbocycles. The van der Waals surface area contributed by atoms with Crippen LogP contribution in [0.2, 0.25) is 0 Å². The van der Waals surface area contributed by atoms with Crippen LogP contribution < -0.4 is 14.5 Å². The predicted molar refractivity (Wildman–Crippen MR) is 139 cm³/mol. The molecule has 1 saturated heterocycles. The van der Waals surface area contributed by atoms with Crippen molar-refractivity contribution < 1.29 is 28.2 Å². The summed E-state index contributed by atoms with van der Waals surface area (Å²) in [6.07, 6.45) is 0. The molecule has 1 atom stereocenters. The maximum atomic E-state index is 14.9. The zero-order valence-electron chi connectivity index (χ0n) is 21.1. The van der Waals surface area contributed by atoms with Crippen LogP contribution in [-0.2, 0) is 9.59 Å². The Balaban J connectivity index is 1.97. The van der Waals surface area contributed by atoms with E-state index in [9.17, 15) is 23.5 Å². The van der Waals surface area contributed by atoms with Gasteiger partial charge in [0, 0.05) is 24.8 Å². The molecule has 8 heteroatoms. The lowest BCUT2D eigenvalue weighted by atomic mass is 9.94. The fraction of sp³-hybridized carbons (Fsp3) is 0.241. The minimum Gasteiger partial charge on any atom is -0.507 e. The number of carbonyl (C=O) groups excluding carboxylic acids is 2. The minimum absolute atomic E-state index is 0.213. The van der Waals surface area contributed by atoms with Crippen molar-refractivity contribution in [1.82, 2.24) is 0 Å². The van der Waals surface area contributed by atoms with Crippen molar-refractivity contribution in [2.75, 3.05) is 30.0 Å². The lowest BCUT2D eigenvalue weighted by Crippen LogP contribution is -2.30. The van der Waals surface area contributed by atoms with E-state index in [1.165, 1.54) is 7.11 Å². The third-order valence-corrected chi connectivity index (χ3v) is 6.56. The number of hydrogen-bond acceptors (Lipinski definition) is 5. The molecule has 0 bridgehead atoms. The van der Waals surface area contributed by atoms with Gasteiger partial charge in [-0.15, -0.1) is 0 Å². The molecule has 1 amide bonds. The van der Waals surface area contributed by atoms with E-state index in [2.05, 4.69) is 4.90 Å². The predicted octanol–water partition coefficient (Wildman–Crippen LogP) is 5.75. The number of carbonyl (C=O) groups is 2. The van der Waals surface area contributed by atoms with Gasteiger partial charge in [-0.3, -0.25) is 14.5 Å². The third kappa shape index (κ3) is 4.67. The van der Waals surface area contributed by atoms with Crippen molar-refractivity contribution >= 4 is 28.8 Å². The van der Waals surface area contributed by atoms with Gasteiger partial charge >= 0.3 is 0 Å². The molecule has 0 spiro atoms. The molecule has 1 aliphatic heterocycles. The molecule has 6 nitrogen and oxygen atoms in total. The number of ketones is 1. The van der Waals surface area contributed by atoms with E-state index >= 15 is 0 Å². The summed E-state index contributed by atoms with van der Waals surface area (Å²) in [6, 6.07) is 13.6. The first-order valence-corrected chi connectivity index (χ1v) is 12.0. The summed E-state index contributed by atoms with van der Waals surface area (Å²) in [4.78, 5) is 29.7. The van der Waals surface area contributed by atoms with Crippen molar-refractivity contribution in [3.05, 3.63) is 94.6 Å². The summed E-state index contributed by atoms with van der Waals surface area (Å²) in [6.45, 7) is 7.40. The number of aliphatic hydroxyl groups is 1. The number of Topliss-reactive ketones (excluding diaryl/α,β-unsaturated/α-hetero) is 1. The number of anilines is 2. The summed E-state index contributed by atoms with van der Waals surface area (Å²) in [5.74, 6) is -3.90. The molecule has 1 fully saturated rings. The van der Waals surface area contributed by atoms with Crippen molar-refractivity contribution in [2.24, 2.45) is 0 Å². The lowest BCUT2D eigenvalue weighted by molar-refractivity contribution is -0.132. The van der Waals surface area contributed by atoms with E-state index < -0.39 is 40.8 Å². The second kappa shape index (κ2) is 10.4. The topological polar surface area (TPSA) is 70.1 Å². The second-order valence-corrected chi connectivity index (χ2v) is 8.73. The van der Waals surface area contributed by atoms with E-state index in [1.807, 2.05) is 26.0 Å². The Morgan fingerprint density at radius 3 is 2.30 bits per heavy atom. The Hall–Kier alpha value is -4.20. The fourth-order valence-electron chi connectivity index (χ4n) is 4.67. The first-order valence-electron chi connectivity index (χ1n) is 12.0. The molecule has 1 unspecified atom stereocenters. The van der Waals surface area contributed by atoms with Crippen LogP contribution in [0.1, 0.15) is 36.6 Å². The van der Waals surface area contributed by atoms with Crippen LogP contribution in [0.5, 0.6) is 5.75 Å². The standard InChI is InChI=1S/C29H28F2N2O4/c1-5-32(6-2)20-11-8-18(9-12-20)26-25(27(34)21-15-17(3)7-14-24(21)37-4)28(35)29(36)33(26)23-16-19(30)10-13-22(23)31/h7-16,26,34H,5-6H2,1-4H3/b27-25+. The summed E-state index contributed by atoms with van der Waals surface area (Å²) in [5.41, 5.74) is 1.73. The molecule has 0 saturated carbocycles. The third-order valence-electron chi connectivity index (χ3n) is 6.56. The quantitative estimate of drug-likeness (QED) is 0.251. The van der Waals surface area contributed by atoms with Crippen molar-refractivity contribution in [3.63, 3.8) is 0 Å². The van der Waals surface area contributed by atoms with Crippen molar-refractivity contribution in [1.29, 1.82) is 0 Å². The van der Waals surface area contributed by atoms with Crippen LogP contribution in [0.15, 0.2) is 66.2 Å². The average molecular weight is 507 g/mol. The Bertz CT molecular complexity index is 1380. The first kappa shape index (κ1) is 25.9. The zero-order valence-corrected chi connectivity index (χ0v) is 21.1. The Kier molecular flexibility index (Phi) is 7.29. The van der Waals surface area contributed by atoms with Crippen LogP contribution in [-0.4, -0.2) is 37.0 Å². The zero-order chi connectivity index (χ0) is 26.9. The van der Waals surface area contributed by atoms with Gasteiger partial charge in [0.25, 0.3) is 11.7 Å².